The normalized spacial score (nSPS) is 9.92. The Balaban J connectivity index is 2.40. The van der Waals surface area contributed by atoms with Gasteiger partial charge in [-0.1, -0.05) is 36.4 Å². The fourth-order valence-electron chi connectivity index (χ4n) is 2.39. The molecule has 6 nitrogen and oxygen atoms in total. The SMILES string of the molecule is N#Cc1nc(-c2ccccc2N)c(-c2ccccc2N)nc1C#N. The molecule has 0 saturated carbocycles. The lowest BCUT2D eigenvalue weighted by Gasteiger charge is -2.13. The lowest BCUT2D eigenvalue weighted by Crippen LogP contribution is -2.04. The van der Waals surface area contributed by atoms with Crippen LogP contribution in [0, 0.1) is 22.7 Å². The smallest absolute Gasteiger partial charge is 0.177 e. The van der Waals surface area contributed by atoms with Crippen molar-refractivity contribution >= 4 is 11.4 Å². The van der Waals surface area contributed by atoms with Crippen molar-refractivity contribution in [2.75, 3.05) is 11.5 Å². The Morgan fingerprint density at radius 2 is 1.04 bits per heavy atom. The van der Waals surface area contributed by atoms with E-state index in [0.29, 0.717) is 33.9 Å². The highest BCUT2D eigenvalue weighted by Crippen LogP contribution is 2.35. The molecular weight excluding hydrogens is 300 g/mol. The second-order valence-electron chi connectivity index (χ2n) is 5.02. The van der Waals surface area contributed by atoms with E-state index in [0.717, 1.165) is 0 Å². The van der Waals surface area contributed by atoms with E-state index in [4.69, 9.17) is 11.5 Å². The summed E-state index contributed by atoms with van der Waals surface area (Å²) in [6.45, 7) is 0. The van der Waals surface area contributed by atoms with Gasteiger partial charge in [-0.25, -0.2) is 9.97 Å². The molecule has 0 spiro atoms. The third-order valence-electron chi connectivity index (χ3n) is 3.54. The molecule has 24 heavy (non-hydrogen) atoms. The van der Waals surface area contributed by atoms with Crippen molar-refractivity contribution in [3.05, 3.63) is 59.9 Å². The van der Waals surface area contributed by atoms with Gasteiger partial charge >= 0.3 is 0 Å². The average Bonchev–Trinajstić information content (AvgIpc) is 2.61. The third-order valence-corrected chi connectivity index (χ3v) is 3.54. The molecular formula is C18H12N6. The Bertz CT molecular complexity index is 928. The zero-order valence-corrected chi connectivity index (χ0v) is 12.6. The summed E-state index contributed by atoms with van der Waals surface area (Å²) in [5.41, 5.74) is 15.1. The molecule has 2 aromatic carbocycles. The van der Waals surface area contributed by atoms with E-state index in [9.17, 15) is 10.5 Å². The minimum Gasteiger partial charge on any atom is -0.398 e. The molecule has 0 atom stereocenters. The van der Waals surface area contributed by atoms with Gasteiger partial charge in [-0.3, -0.25) is 0 Å². The third kappa shape index (κ3) is 2.49. The molecule has 4 N–H and O–H groups in total. The van der Waals surface area contributed by atoms with Crippen LogP contribution in [0.25, 0.3) is 22.5 Å². The molecule has 3 rings (SSSR count). The van der Waals surface area contributed by atoms with Gasteiger partial charge in [0.05, 0.1) is 0 Å². The van der Waals surface area contributed by atoms with Crippen molar-refractivity contribution in [3.8, 4) is 34.7 Å². The van der Waals surface area contributed by atoms with E-state index in [2.05, 4.69) is 9.97 Å². The Kier molecular flexibility index (Phi) is 3.80. The minimum atomic E-state index is -0.0472. The number of nitrogens with zero attached hydrogens (tertiary/aromatic N) is 4. The zero-order valence-electron chi connectivity index (χ0n) is 12.6. The number of para-hydroxylation sites is 2. The van der Waals surface area contributed by atoms with Crippen molar-refractivity contribution in [3.63, 3.8) is 0 Å². The molecule has 0 amide bonds. The number of aromatic nitrogens is 2. The number of anilines is 2. The molecule has 0 fully saturated rings. The van der Waals surface area contributed by atoms with Crippen molar-refractivity contribution < 1.29 is 0 Å². The van der Waals surface area contributed by atoms with Gasteiger partial charge in [-0.15, -0.1) is 0 Å². The monoisotopic (exact) mass is 312 g/mol. The van der Waals surface area contributed by atoms with Crippen LogP contribution in [0.1, 0.15) is 11.4 Å². The maximum Gasteiger partial charge on any atom is 0.177 e. The van der Waals surface area contributed by atoms with E-state index in [1.807, 2.05) is 24.3 Å². The summed E-state index contributed by atoms with van der Waals surface area (Å²) in [4.78, 5) is 8.66. The predicted octanol–water partition coefficient (Wildman–Crippen LogP) is 2.72. The van der Waals surface area contributed by atoms with Gasteiger partial charge in [0.15, 0.2) is 11.4 Å². The molecule has 114 valence electrons. The maximum atomic E-state index is 9.25. The lowest BCUT2D eigenvalue weighted by atomic mass is 10.0. The van der Waals surface area contributed by atoms with Crippen LogP contribution in [0.4, 0.5) is 11.4 Å². The Morgan fingerprint density at radius 1 is 0.667 bits per heavy atom. The van der Waals surface area contributed by atoms with Crippen LogP contribution in [0.2, 0.25) is 0 Å². The van der Waals surface area contributed by atoms with Gasteiger partial charge in [0.25, 0.3) is 0 Å². The van der Waals surface area contributed by atoms with E-state index in [1.165, 1.54) is 0 Å². The quantitative estimate of drug-likeness (QED) is 0.701. The molecule has 0 aliphatic rings. The summed E-state index contributed by atoms with van der Waals surface area (Å²) in [7, 11) is 0. The molecule has 0 radical (unpaired) electrons. The van der Waals surface area contributed by atoms with Crippen LogP contribution in [0.5, 0.6) is 0 Å². The van der Waals surface area contributed by atoms with E-state index in [-0.39, 0.29) is 11.4 Å². The first-order chi connectivity index (χ1) is 11.7. The van der Waals surface area contributed by atoms with Crippen LogP contribution in [-0.4, -0.2) is 9.97 Å². The summed E-state index contributed by atoms with van der Waals surface area (Å²) in [5.74, 6) is 0. The van der Waals surface area contributed by atoms with Gasteiger partial charge < -0.3 is 11.5 Å². The van der Waals surface area contributed by atoms with Crippen LogP contribution in [0.3, 0.4) is 0 Å². The van der Waals surface area contributed by atoms with Crippen molar-refractivity contribution in [2.45, 2.75) is 0 Å². The number of hydrogen-bond donors (Lipinski definition) is 2. The first-order valence-electron chi connectivity index (χ1n) is 7.07. The molecule has 6 heteroatoms. The predicted molar refractivity (Wildman–Crippen MR) is 91.2 cm³/mol. The fraction of sp³-hybridized carbons (Fsp3) is 0. The van der Waals surface area contributed by atoms with E-state index < -0.39 is 0 Å². The summed E-state index contributed by atoms with van der Waals surface area (Å²) in [5, 5.41) is 18.5. The highest BCUT2D eigenvalue weighted by Gasteiger charge is 2.19. The number of nitriles is 2. The molecule has 0 aliphatic heterocycles. The molecule has 0 unspecified atom stereocenters. The van der Waals surface area contributed by atoms with Crippen molar-refractivity contribution in [2.24, 2.45) is 0 Å². The first-order valence-corrected chi connectivity index (χ1v) is 7.07. The molecule has 1 heterocycles. The number of nitrogen functional groups attached to an aromatic ring is 2. The van der Waals surface area contributed by atoms with Gasteiger partial charge in [0.2, 0.25) is 0 Å². The van der Waals surface area contributed by atoms with E-state index in [1.54, 1.807) is 36.4 Å². The Morgan fingerprint density at radius 3 is 1.38 bits per heavy atom. The highest BCUT2D eigenvalue weighted by molar-refractivity contribution is 5.88. The average molecular weight is 312 g/mol. The lowest BCUT2D eigenvalue weighted by molar-refractivity contribution is 1.14. The second kappa shape index (κ2) is 6.07. The second-order valence-corrected chi connectivity index (χ2v) is 5.02. The van der Waals surface area contributed by atoms with Crippen LogP contribution >= 0.6 is 0 Å². The van der Waals surface area contributed by atoms with Gasteiger partial charge in [0.1, 0.15) is 23.5 Å². The van der Waals surface area contributed by atoms with E-state index >= 15 is 0 Å². The van der Waals surface area contributed by atoms with Gasteiger partial charge in [-0.2, -0.15) is 10.5 Å². The van der Waals surface area contributed by atoms with Crippen LogP contribution in [0.15, 0.2) is 48.5 Å². The topological polar surface area (TPSA) is 125 Å². The fourth-order valence-corrected chi connectivity index (χ4v) is 2.39. The Hall–Kier alpha value is -3.90. The van der Waals surface area contributed by atoms with Gasteiger partial charge in [-0.05, 0) is 12.1 Å². The Labute approximate surface area is 138 Å². The summed E-state index contributed by atoms with van der Waals surface area (Å²) < 4.78 is 0. The highest BCUT2D eigenvalue weighted by atomic mass is 14.9. The molecule has 1 aromatic heterocycles. The molecule has 0 bridgehead atoms. The minimum absolute atomic E-state index is 0.0472. The van der Waals surface area contributed by atoms with Gasteiger partial charge in [0, 0.05) is 22.5 Å². The number of rotatable bonds is 2. The standard InChI is InChI=1S/C18H12N6/c19-9-15-16(10-20)24-18(12-6-2-4-8-14(12)22)17(23-15)11-5-1-3-7-13(11)21/h1-8H,21-22H2. The van der Waals surface area contributed by atoms with Crippen LogP contribution in [-0.2, 0) is 0 Å². The number of hydrogen-bond acceptors (Lipinski definition) is 6. The maximum absolute atomic E-state index is 9.25. The zero-order chi connectivity index (χ0) is 17.1. The van der Waals surface area contributed by atoms with Crippen LogP contribution < -0.4 is 11.5 Å². The molecule has 3 aromatic rings. The summed E-state index contributed by atoms with van der Waals surface area (Å²) in [6.07, 6.45) is 0. The van der Waals surface area contributed by atoms with Crippen molar-refractivity contribution in [1.29, 1.82) is 10.5 Å². The number of nitrogens with two attached hydrogens (primary N) is 2. The first kappa shape index (κ1) is 15.0. The molecule has 0 saturated heterocycles. The number of benzene rings is 2. The largest absolute Gasteiger partial charge is 0.398 e. The summed E-state index contributed by atoms with van der Waals surface area (Å²) >= 11 is 0. The molecule has 0 aliphatic carbocycles. The van der Waals surface area contributed by atoms with Crippen molar-refractivity contribution in [1.82, 2.24) is 9.97 Å². The summed E-state index contributed by atoms with van der Waals surface area (Å²) in [6, 6.07) is 18.1.